The predicted molar refractivity (Wildman–Crippen MR) is 88.3 cm³/mol. The number of aryl methyl sites for hydroxylation is 1. The van der Waals surface area contributed by atoms with Gasteiger partial charge in [0.05, 0.1) is 5.56 Å². The third-order valence-corrected chi connectivity index (χ3v) is 4.19. The van der Waals surface area contributed by atoms with E-state index in [4.69, 9.17) is 4.74 Å². The molecule has 0 amide bonds. The highest BCUT2D eigenvalue weighted by atomic mass is 32.2. The Morgan fingerprint density at radius 1 is 1.27 bits per heavy atom. The van der Waals surface area contributed by atoms with Crippen LogP contribution in [0.4, 0.5) is 0 Å². The second-order valence-electron chi connectivity index (χ2n) is 4.75. The van der Waals surface area contributed by atoms with Crippen molar-refractivity contribution in [3.05, 3.63) is 63.7 Å². The number of ether oxygens (including phenoxy) is 1. The summed E-state index contributed by atoms with van der Waals surface area (Å²) >= 11 is 1.67. The van der Waals surface area contributed by atoms with Gasteiger partial charge in [-0.25, -0.2) is 0 Å². The molecule has 5 nitrogen and oxygen atoms in total. The van der Waals surface area contributed by atoms with E-state index in [0.29, 0.717) is 17.1 Å². The molecular formula is C16H18N2O3S. The standard InChI is InChI=1S/C16H18N2O3S/c1-11-10-12(8-9-15(11)22-3)21-14-7-5-4-6-13(14)16(17-2)18(19)20/h4-10,16-17H,1-3H3. The summed E-state index contributed by atoms with van der Waals surface area (Å²) in [6.07, 6.45) is 1.02. The predicted octanol–water partition coefficient (Wildman–Crippen LogP) is 4.00. The van der Waals surface area contributed by atoms with E-state index < -0.39 is 6.17 Å². The molecule has 1 N–H and O–H groups in total. The zero-order valence-corrected chi connectivity index (χ0v) is 13.5. The maximum atomic E-state index is 11.2. The summed E-state index contributed by atoms with van der Waals surface area (Å²) in [7, 11) is 1.56. The van der Waals surface area contributed by atoms with Gasteiger partial charge in [0.2, 0.25) is 0 Å². The van der Waals surface area contributed by atoms with Crippen molar-refractivity contribution in [2.24, 2.45) is 0 Å². The molecule has 0 radical (unpaired) electrons. The van der Waals surface area contributed by atoms with Crippen molar-refractivity contribution in [1.82, 2.24) is 5.32 Å². The van der Waals surface area contributed by atoms with Crippen LogP contribution in [0.1, 0.15) is 17.3 Å². The third-order valence-electron chi connectivity index (χ3n) is 3.29. The average Bonchev–Trinajstić information content (AvgIpc) is 2.49. The van der Waals surface area contributed by atoms with E-state index in [1.54, 1.807) is 43.1 Å². The van der Waals surface area contributed by atoms with Gasteiger partial charge in [0.1, 0.15) is 11.5 Å². The number of thioether (sulfide) groups is 1. The first-order chi connectivity index (χ1) is 10.6. The molecule has 0 aliphatic heterocycles. The van der Waals surface area contributed by atoms with Crippen molar-refractivity contribution in [3.8, 4) is 11.5 Å². The number of para-hydroxylation sites is 1. The van der Waals surface area contributed by atoms with Gasteiger partial charge in [0.15, 0.2) is 0 Å². The van der Waals surface area contributed by atoms with E-state index >= 15 is 0 Å². The van der Waals surface area contributed by atoms with Crippen LogP contribution in [0.15, 0.2) is 47.4 Å². The number of nitrogens with one attached hydrogen (secondary N) is 1. The van der Waals surface area contributed by atoms with E-state index in [-0.39, 0.29) is 4.92 Å². The lowest BCUT2D eigenvalue weighted by atomic mass is 10.1. The highest BCUT2D eigenvalue weighted by Crippen LogP contribution is 2.32. The van der Waals surface area contributed by atoms with E-state index in [1.165, 1.54) is 4.90 Å². The van der Waals surface area contributed by atoms with E-state index in [1.807, 2.05) is 31.4 Å². The minimum Gasteiger partial charge on any atom is -0.457 e. The van der Waals surface area contributed by atoms with E-state index in [9.17, 15) is 10.1 Å². The molecule has 0 aliphatic rings. The first-order valence-electron chi connectivity index (χ1n) is 6.79. The maximum Gasteiger partial charge on any atom is 0.295 e. The Morgan fingerprint density at radius 3 is 2.59 bits per heavy atom. The van der Waals surface area contributed by atoms with Gasteiger partial charge in [0.25, 0.3) is 6.17 Å². The van der Waals surface area contributed by atoms with Crippen molar-refractivity contribution < 1.29 is 9.66 Å². The molecule has 2 aromatic carbocycles. The second kappa shape index (κ2) is 7.29. The lowest BCUT2D eigenvalue weighted by Gasteiger charge is -2.14. The lowest BCUT2D eigenvalue weighted by Crippen LogP contribution is -2.24. The molecule has 0 aromatic heterocycles. The highest BCUT2D eigenvalue weighted by Gasteiger charge is 2.24. The maximum absolute atomic E-state index is 11.2. The summed E-state index contributed by atoms with van der Waals surface area (Å²) in [5, 5.41) is 13.8. The molecule has 1 unspecified atom stereocenters. The van der Waals surface area contributed by atoms with Crippen molar-refractivity contribution in [1.29, 1.82) is 0 Å². The fraction of sp³-hybridized carbons (Fsp3) is 0.250. The number of benzene rings is 2. The second-order valence-corrected chi connectivity index (χ2v) is 5.60. The fourth-order valence-corrected chi connectivity index (χ4v) is 2.80. The van der Waals surface area contributed by atoms with Crippen LogP contribution in [0.3, 0.4) is 0 Å². The van der Waals surface area contributed by atoms with Crippen LogP contribution in [0.5, 0.6) is 11.5 Å². The minimum atomic E-state index is -0.997. The molecule has 0 spiro atoms. The fourth-order valence-electron chi connectivity index (χ4n) is 2.22. The van der Waals surface area contributed by atoms with Gasteiger partial charge in [-0.1, -0.05) is 12.1 Å². The van der Waals surface area contributed by atoms with Gasteiger partial charge < -0.3 is 4.74 Å². The van der Waals surface area contributed by atoms with Gasteiger partial charge in [-0.15, -0.1) is 11.8 Å². The molecule has 0 bridgehead atoms. The summed E-state index contributed by atoms with van der Waals surface area (Å²) in [4.78, 5) is 12.0. The van der Waals surface area contributed by atoms with Gasteiger partial charge >= 0.3 is 0 Å². The number of hydrogen-bond donors (Lipinski definition) is 1. The van der Waals surface area contributed by atoms with Crippen LogP contribution < -0.4 is 10.1 Å². The van der Waals surface area contributed by atoms with Crippen LogP contribution in [0.25, 0.3) is 0 Å². The van der Waals surface area contributed by atoms with Crippen molar-refractivity contribution in [3.63, 3.8) is 0 Å². The summed E-state index contributed by atoms with van der Waals surface area (Å²) in [6, 6.07) is 12.8. The number of nitrogens with zero attached hydrogens (tertiary/aromatic N) is 1. The summed E-state index contributed by atoms with van der Waals surface area (Å²) in [5.74, 6) is 1.15. The van der Waals surface area contributed by atoms with Crippen molar-refractivity contribution in [2.75, 3.05) is 13.3 Å². The largest absolute Gasteiger partial charge is 0.457 e. The minimum absolute atomic E-state index is 0.371. The SMILES string of the molecule is CNC(c1ccccc1Oc1ccc(SC)c(C)c1)[N+](=O)[O-]. The van der Waals surface area contributed by atoms with Crippen LogP contribution in [-0.4, -0.2) is 18.2 Å². The van der Waals surface area contributed by atoms with Crippen molar-refractivity contribution >= 4 is 11.8 Å². The van der Waals surface area contributed by atoms with Crippen LogP contribution in [0, 0.1) is 17.0 Å². The molecule has 2 rings (SSSR count). The first kappa shape index (κ1) is 16.3. The Bertz CT molecular complexity index is 676. The topological polar surface area (TPSA) is 64.4 Å². The smallest absolute Gasteiger partial charge is 0.295 e. The Morgan fingerprint density at radius 2 is 2.00 bits per heavy atom. The zero-order valence-electron chi connectivity index (χ0n) is 12.7. The van der Waals surface area contributed by atoms with Crippen LogP contribution >= 0.6 is 11.8 Å². The quantitative estimate of drug-likeness (QED) is 0.377. The molecule has 116 valence electrons. The molecule has 0 aliphatic carbocycles. The molecule has 1 atom stereocenters. The van der Waals surface area contributed by atoms with Gasteiger partial charge in [-0.05, 0) is 56.1 Å². The monoisotopic (exact) mass is 318 g/mol. The Labute approximate surface area is 133 Å². The average molecular weight is 318 g/mol. The van der Waals surface area contributed by atoms with Gasteiger partial charge in [-0.2, -0.15) is 0 Å². The molecule has 0 saturated heterocycles. The molecule has 0 saturated carbocycles. The first-order valence-corrected chi connectivity index (χ1v) is 8.01. The van der Waals surface area contributed by atoms with Crippen LogP contribution in [0.2, 0.25) is 0 Å². The van der Waals surface area contributed by atoms with Gasteiger partial charge in [-0.3, -0.25) is 15.4 Å². The molecule has 0 fully saturated rings. The normalized spacial score (nSPS) is 12.0. The summed E-state index contributed by atoms with van der Waals surface area (Å²) in [5.41, 5.74) is 1.61. The zero-order chi connectivity index (χ0) is 16.1. The highest BCUT2D eigenvalue weighted by molar-refractivity contribution is 7.98. The van der Waals surface area contributed by atoms with E-state index in [0.717, 1.165) is 5.56 Å². The molecule has 6 heteroatoms. The van der Waals surface area contributed by atoms with Gasteiger partial charge in [0, 0.05) is 9.82 Å². The molecule has 0 heterocycles. The Kier molecular flexibility index (Phi) is 5.41. The Balaban J connectivity index is 2.34. The summed E-state index contributed by atoms with van der Waals surface area (Å²) in [6.45, 7) is 2.01. The molecule has 2 aromatic rings. The molecular weight excluding hydrogens is 300 g/mol. The lowest BCUT2D eigenvalue weighted by molar-refractivity contribution is -0.535. The summed E-state index contributed by atoms with van der Waals surface area (Å²) < 4.78 is 5.87. The van der Waals surface area contributed by atoms with E-state index in [2.05, 4.69) is 5.32 Å². The van der Waals surface area contributed by atoms with Crippen LogP contribution in [-0.2, 0) is 0 Å². The number of hydrogen-bond acceptors (Lipinski definition) is 5. The Hall–Kier alpha value is -2.05. The number of nitro groups is 1. The third kappa shape index (κ3) is 3.58. The molecule has 22 heavy (non-hydrogen) atoms. The van der Waals surface area contributed by atoms with Crippen molar-refractivity contribution in [2.45, 2.75) is 18.0 Å². The number of rotatable bonds is 6.